The molecule has 2 nitrogen and oxygen atoms in total. The average Bonchev–Trinajstić information content (AvgIpc) is 3.82. The van der Waals surface area contributed by atoms with Crippen LogP contribution in [0.2, 0.25) is 0 Å². The summed E-state index contributed by atoms with van der Waals surface area (Å²) in [6.45, 7) is 0. The van der Waals surface area contributed by atoms with Crippen molar-refractivity contribution in [3.8, 4) is 33.5 Å². The minimum atomic E-state index is -0.321. The van der Waals surface area contributed by atoms with E-state index in [0.717, 1.165) is 17.0 Å². The fourth-order valence-corrected chi connectivity index (χ4v) is 5.67. The van der Waals surface area contributed by atoms with Crippen LogP contribution in [-0.2, 0) is 25.5 Å². The first-order valence-electron chi connectivity index (χ1n) is 13.8. The number of rotatable bonds is 4. The number of hydrogen-bond donors (Lipinski definition) is 0. The van der Waals surface area contributed by atoms with Crippen molar-refractivity contribution in [1.82, 2.24) is 9.97 Å². The van der Waals surface area contributed by atoms with Crippen molar-refractivity contribution in [2.24, 2.45) is 17.8 Å². The third-order valence-electron chi connectivity index (χ3n) is 8.03. The second-order valence-electron chi connectivity index (χ2n) is 10.5. The number of allylic oxidation sites excluding steroid dienone is 6. The molecular weight excluding hydrogens is 677 g/mol. The molecule has 2 heterocycles. The molecule has 2 unspecified atom stereocenters. The van der Waals surface area contributed by atoms with Gasteiger partial charge in [-0.15, -0.1) is 48.0 Å². The van der Waals surface area contributed by atoms with Gasteiger partial charge in [0.15, 0.2) is 0 Å². The van der Waals surface area contributed by atoms with E-state index in [4.69, 9.17) is 4.98 Å². The Morgan fingerprint density at radius 3 is 1.95 bits per heavy atom. The van der Waals surface area contributed by atoms with E-state index in [2.05, 4.69) is 114 Å². The Morgan fingerprint density at radius 1 is 0.585 bits per heavy atom. The van der Waals surface area contributed by atoms with Crippen LogP contribution in [0.25, 0.3) is 33.5 Å². The minimum absolute atomic E-state index is 0. The summed E-state index contributed by atoms with van der Waals surface area (Å²) in [5.74, 6) is 1.98. The van der Waals surface area contributed by atoms with E-state index < -0.39 is 0 Å². The molecule has 41 heavy (non-hydrogen) atoms. The maximum absolute atomic E-state index is 4.73. The molecule has 4 aliphatic rings. The Hall–Kier alpha value is -4.17. The minimum Gasteiger partial charge on any atom is -0.480 e. The molecule has 0 amide bonds. The van der Waals surface area contributed by atoms with Crippen molar-refractivity contribution in [3.05, 3.63) is 170 Å². The molecule has 3 heteroatoms. The zero-order chi connectivity index (χ0) is 26.8. The fraction of sp³-hybridized carbons (Fsp3) is 0.105. The van der Waals surface area contributed by atoms with Crippen LogP contribution in [0.1, 0.15) is 5.69 Å². The summed E-state index contributed by atoms with van der Waals surface area (Å²) in [5, 5.41) is 0. The molecule has 9 rings (SSSR count). The molecule has 1 radical (unpaired) electrons. The van der Waals surface area contributed by atoms with Gasteiger partial charge in [0, 0.05) is 38.2 Å². The van der Waals surface area contributed by atoms with Gasteiger partial charge in [-0.1, -0.05) is 84.3 Å². The van der Waals surface area contributed by atoms with Crippen LogP contribution in [0.3, 0.4) is 0 Å². The van der Waals surface area contributed by atoms with E-state index >= 15 is 0 Å². The third kappa shape index (κ3) is 5.57. The first-order chi connectivity index (χ1) is 19.8. The summed E-state index contributed by atoms with van der Waals surface area (Å²) in [4.78, 5) is 8.95. The van der Waals surface area contributed by atoms with Gasteiger partial charge in [0.2, 0.25) is 0 Å². The largest absolute Gasteiger partial charge is 0.480 e. The molecule has 201 valence electrons. The van der Waals surface area contributed by atoms with Crippen molar-refractivity contribution in [1.29, 1.82) is 0 Å². The van der Waals surface area contributed by atoms with Crippen LogP contribution in [0.5, 0.6) is 0 Å². The summed E-state index contributed by atoms with van der Waals surface area (Å²) < 4.78 is 0. The van der Waals surface area contributed by atoms with E-state index in [9.17, 15) is 0 Å². The quantitative estimate of drug-likeness (QED) is 0.139. The van der Waals surface area contributed by atoms with Gasteiger partial charge in [0.05, 0.1) is 0 Å². The van der Waals surface area contributed by atoms with Gasteiger partial charge in [0.25, 0.3) is 0 Å². The third-order valence-corrected chi connectivity index (χ3v) is 8.03. The van der Waals surface area contributed by atoms with E-state index in [1.165, 1.54) is 22.3 Å². The van der Waals surface area contributed by atoms with Crippen molar-refractivity contribution in [2.45, 2.75) is 5.41 Å². The van der Waals surface area contributed by atoms with Gasteiger partial charge >= 0.3 is 0 Å². The van der Waals surface area contributed by atoms with Crippen LogP contribution in [-0.4, -0.2) is 9.97 Å². The van der Waals surface area contributed by atoms with Crippen LogP contribution in [0.15, 0.2) is 152 Å². The summed E-state index contributed by atoms with van der Waals surface area (Å²) in [5.41, 5.74) is 7.62. The summed E-state index contributed by atoms with van der Waals surface area (Å²) >= 11 is 0. The Balaban J connectivity index is 0.000000196. The molecule has 0 N–H and O–H groups in total. The predicted molar refractivity (Wildman–Crippen MR) is 162 cm³/mol. The van der Waals surface area contributed by atoms with Gasteiger partial charge in [-0.25, -0.2) is 0 Å². The Kier molecular flexibility index (Phi) is 7.74. The molecule has 1 saturated carbocycles. The fourth-order valence-electron chi connectivity index (χ4n) is 5.67. The molecule has 2 atom stereocenters. The summed E-state index contributed by atoms with van der Waals surface area (Å²) in [6, 6.07) is 40.4. The normalized spacial score (nSPS) is 22.5. The summed E-state index contributed by atoms with van der Waals surface area (Å²) in [6.07, 6.45) is 19.0. The zero-order valence-electron chi connectivity index (χ0n) is 22.4. The second-order valence-corrected chi connectivity index (χ2v) is 10.5. The Labute approximate surface area is 255 Å². The molecule has 1 fully saturated rings. The van der Waals surface area contributed by atoms with E-state index in [1.807, 2.05) is 48.7 Å². The van der Waals surface area contributed by atoms with Crippen molar-refractivity contribution < 1.29 is 20.1 Å². The Morgan fingerprint density at radius 2 is 1.27 bits per heavy atom. The number of aromatic nitrogens is 2. The summed E-state index contributed by atoms with van der Waals surface area (Å²) in [7, 11) is 0. The van der Waals surface area contributed by atoms with Crippen LogP contribution in [0, 0.1) is 29.9 Å². The molecular formula is C38H28IrN2-2. The van der Waals surface area contributed by atoms with Gasteiger partial charge in [-0.2, -0.15) is 0 Å². The van der Waals surface area contributed by atoms with Crippen LogP contribution >= 0.6 is 0 Å². The SMILES string of the molecule is [C-]1=CC2C3C=CC1(c1cc(-c4ccc(-c5ccccc5)cc4)ccn1)C=CC23.[Ir].[c-]1ccccc1-c1ccccn1. The van der Waals surface area contributed by atoms with E-state index in [-0.39, 0.29) is 25.5 Å². The van der Waals surface area contributed by atoms with Crippen molar-refractivity contribution in [2.75, 3.05) is 0 Å². The topological polar surface area (TPSA) is 25.8 Å². The maximum atomic E-state index is 4.73. The standard InChI is InChI=1S/C27H20N.C11H8N.Ir/c1-2-4-19(5-3-1)20-6-8-21(9-7-20)22-13-17-28-26(18-22)27-14-10-23-24(11-15-27)25(23)12-16-27;1-2-6-10(7-3-1)11-8-4-5-9-12-11;/h1-15,17-18,23-25H;1-6,8-9H;/q2*-1;. The maximum Gasteiger partial charge on any atom is 0.0276 e. The van der Waals surface area contributed by atoms with Crippen LogP contribution < -0.4 is 0 Å². The molecule has 0 saturated heterocycles. The predicted octanol–water partition coefficient (Wildman–Crippen LogP) is 8.56. The zero-order valence-corrected chi connectivity index (χ0v) is 24.8. The molecule has 0 aliphatic heterocycles. The van der Waals surface area contributed by atoms with Crippen molar-refractivity contribution in [3.63, 3.8) is 0 Å². The van der Waals surface area contributed by atoms with Gasteiger partial charge in [0.1, 0.15) is 0 Å². The molecule has 0 spiro atoms. The smallest absolute Gasteiger partial charge is 0.0276 e. The number of benzene rings is 3. The van der Waals surface area contributed by atoms with E-state index in [1.54, 1.807) is 6.20 Å². The molecule has 5 aromatic rings. The first-order valence-corrected chi connectivity index (χ1v) is 13.8. The van der Waals surface area contributed by atoms with E-state index in [0.29, 0.717) is 17.8 Å². The van der Waals surface area contributed by atoms with Crippen molar-refractivity contribution >= 4 is 0 Å². The van der Waals surface area contributed by atoms with Gasteiger partial charge < -0.3 is 11.1 Å². The monoisotopic (exact) mass is 705 g/mol. The van der Waals surface area contributed by atoms with Gasteiger partial charge in [-0.3, -0.25) is 11.1 Å². The van der Waals surface area contributed by atoms with Gasteiger partial charge in [-0.05, 0) is 63.9 Å². The molecule has 4 aliphatic carbocycles. The average molecular weight is 705 g/mol. The first kappa shape index (κ1) is 27.0. The number of nitrogens with zero attached hydrogens (tertiary/aromatic N) is 2. The molecule has 4 bridgehead atoms. The van der Waals surface area contributed by atoms with Crippen LogP contribution in [0.4, 0.5) is 0 Å². The number of pyridine rings is 2. The molecule has 3 aromatic carbocycles. The number of hydrogen-bond acceptors (Lipinski definition) is 2. The Bertz CT molecular complexity index is 1600. The molecule has 2 aromatic heterocycles. The second kappa shape index (κ2) is 11.7.